The Morgan fingerprint density at radius 3 is 2.14 bits per heavy atom. The van der Waals surface area contributed by atoms with E-state index in [2.05, 4.69) is 5.32 Å². The number of nitrogens with one attached hydrogen (secondary N) is 1. The van der Waals surface area contributed by atoms with Crippen molar-refractivity contribution in [2.24, 2.45) is 17.6 Å². The number of rotatable bonds is 4. The van der Waals surface area contributed by atoms with Gasteiger partial charge in [-0.3, -0.25) is 14.4 Å². The molecule has 13 heteroatoms. The van der Waals surface area contributed by atoms with Gasteiger partial charge >= 0.3 is 6.09 Å². The third-order valence-electron chi connectivity index (χ3n) is 7.42. The number of fused-ring (bicyclic) bond motifs is 1. The van der Waals surface area contributed by atoms with Crippen LogP contribution in [0.1, 0.15) is 47.0 Å². The quantitative estimate of drug-likeness (QED) is 0.179. The van der Waals surface area contributed by atoms with E-state index in [0.717, 1.165) is 0 Å². The molecule has 7 atom stereocenters. The number of aliphatic hydroxyl groups is 3. The number of carbonyl (C=O) groups is 4. The fraction of sp³-hybridized carbons (Fsp3) is 0.586. The van der Waals surface area contributed by atoms with Crippen LogP contribution in [0, 0.1) is 11.8 Å². The lowest BCUT2D eigenvalue weighted by Gasteiger charge is -2.30. The highest BCUT2D eigenvalue weighted by atomic mass is 16.6. The van der Waals surface area contributed by atoms with Crippen molar-refractivity contribution in [1.29, 1.82) is 0 Å². The maximum atomic E-state index is 13.0. The Morgan fingerprint density at radius 1 is 0.976 bits per heavy atom. The lowest BCUT2D eigenvalue weighted by Crippen LogP contribution is -2.39. The molecule has 0 saturated heterocycles. The summed E-state index contributed by atoms with van der Waals surface area (Å²) in [6.07, 6.45) is -3.02. The molecule has 42 heavy (non-hydrogen) atoms. The number of nitrogens with two attached hydrogens (primary N) is 1. The van der Waals surface area contributed by atoms with Gasteiger partial charge in [0.25, 0.3) is 17.5 Å². The number of hydrogen-bond donors (Lipinski definition) is 5. The molecule has 0 fully saturated rings. The van der Waals surface area contributed by atoms with Crippen molar-refractivity contribution in [3.05, 3.63) is 46.1 Å². The molecule has 2 amide bonds. The molecule has 2 bridgehead atoms. The lowest BCUT2D eigenvalue weighted by molar-refractivity contribution is -0.135. The van der Waals surface area contributed by atoms with Crippen LogP contribution >= 0.6 is 0 Å². The van der Waals surface area contributed by atoms with Gasteiger partial charge < -0.3 is 45.3 Å². The normalized spacial score (nSPS) is 30.9. The first kappa shape index (κ1) is 34.7. The molecule has 1 aliphatic carbocycles. The highest BCUT2D eigenvalue weighted by Crippen LogP contribution is 2.32. The molecule has 0 aromatic carbocycles. The van der Waals surface area contributed by atoms with Crippen LogP contribution in [0.4, 0.5) is 4.79 Å². The van der Waals surface area contributed by atoms with Gasteiger partial charge in [-0.25, -0.2) is 4.79 Å². The molecule has 0 aromatic heterocycles. The molecule has 6 N–H and O–H groups in total. The number of methoxy groups -OCH3 is 3. The maximum Gasteiger partial charge on any atom is 0.405 e. The Morgan fingerprint density at radius 2 is 1.60 bits per heavy atom. The van der Waals surface area contributed by atoms with E-state index in [1.807, 2.05) is 0 Å². The highest BCUT2D eigenvalue weighted by Gasteiger charge is 2.38. The van der Waals surface area contributed by atoms with Crippen LogP contribution in [0.5, 0.6) is 0 Å². The third kappa shape index (κ3) is 8.28. The SMILES string of the molecule is COC1=C2C[C@@H](C)C[C@H](OC)[C@H](O)[C@@H](C)C=C(C)[C@H](OC(N)=O)[C@@H](OC)C[C@@H](O)C=C(C)C(=O)NC(=C2O)C(=O)C1=O. The summed E-state index contributed by atoms with van der Waals surface area (Å²) in [5, 5.41) is 35.2. The second-order valence-electron chi connectivity index (χ2n) is 10.7. The number of primary amides is 1. The number of carbonyl (C=O) groups excluding carboxylic acids is 4. The Hall–Kier alpha value is -3.52. The molecule has 2 rings (SSSR count). The van der Waals surface area contributed by atoms with Gasteiger partial charge in [0.2, 0.25) is 0 Å². The summed E-state index contributed by atoms with van der Waals surface area (Å²) in [5.41, 5.74) is 5.17. The van der Waals surface area contributed by atoms with Crippen molar-refractivity contribution in [2.75, 3.05) is 21.3 Å². The number of aliphatic hydroxyl groups excluding tert-OH is 3. The van der Waals surface area contributed by atoms with Crippen LogP contribution in [-0.2, 0) is 33.3 Å². The number of amides is 2. The summed E-state index contributed by atoms with van der Waals surface area (Å²) >= 11 is 0. The maximum absolute atomic E-state index is 13.0. The summed E-state index contributed by atoms with van der Waals surface area (Å²) < 4.78 is 21.6. The molecule has 13 nitrogen and oxygen atoms in total. The fourth-order valence-corrected chi connectivity index (χ4v) is 5.20. The van der Waals surface area contributed by atoms with Crippen molar-refractivity contribution in [1.82, 2.24) is 5.32 Å². The van der Waals surface area contributed by atoms with E-state index in [1.54, 1.807) is 26.8 Å². The summed E-state index contributed by atoms with van der Waals surface area (Å²) in [6.45, 7) is 6.57. The van der Waals surface area contributed by atoms with Crippen LogP contribution < -0.4 is 11.1 Å². The monoisotopic (exact) mass is 594 g/mol. The Kier molecular flexibility index (Phi) is 12.5. The molecule has 0 unspecified atom stereocenters. The van der Waals surface area contributed by atoms with E-state index in [-0.39, 0.29) is 42.1 Å². The number of allylic oxidation sites excluding steroid dienone is 3. The first-order valence-corrected chi connectivity index (χ1v) is 13.5. The molecular formula is C29H42N2O11. The van der Waals surface area contributed by atoms with E-state index in [4.69, 9.17) is 24.7 Å². The molecular weight excluding hydrogens is 552 g/mol. The van der Waals surface area contributed by atoms with Gasteiger partial charge in [-0.2, -0.15) is 0 Å². The predicted octanol–water partition coefficient (Wildman–Crippen LogP) is 1.49. The fourth-order valence-electron chi connectivity index (χ4n) is 5.20. The molecule has 2 aliphatic rings. The van der Waals surface area contributed by atoms with Crippen LogP contribution in [-0.4, -0.2) is 90.7 Å². The van der Waals surface area contributed by atoms with Crippen LogP contribution in [0.2, 0.25) is 0 Å². The highest BCUT2D eigenvalue weighted by molar-refractivity contribution is 6.50. The second kappa shape index (κ2) is 15.1. The third-order valence-corrected chi connectivity index (χ3v) is 7.42. The summed E-state index contributed by atoms with van der Waals surface area (Å²) in [4.78, 5) is 50.3. The van der Waals surface area contributed by atoms with Gasteiger partial charge in [-0.15, -0.1) is 0 Å². The van der Waals surface area contributed by atoms with Gasteiger partial charge in [-0.1, -0.05) is 19.9 Å². The van der Waals surface area contributed by atoms with E-state index in [1.165, 1.54) is 34.3 Å². The molecule has 0 spiro atoms. The number of Topliss-reactive ketones (excluding diaryl/α,β-unsaturated/α-hetero) is 2. The summed E-state index contributed by atoms with van der Waals surface area (Å²) in [5.74, 6) is -4.85. The van der Waals surface area contributed by atoms with Crippen LogP contribution in [0.25, 0.3) is 0 Å². The minimum atomic E-state index is -1.29. The topological polar surface area (TPSA) is 204 Å². The Bertz CT molecular complexity index is 1190. The first-order chi connectivity index (χ1) is 19.7. The number of ether oxygens (including phenoxy) is 4. The summed E-state index contributed by atoms with van der Waals surface area (Å²) in [7, 11) is 3.98. The van der Waals surface area contributed by atoms with Crippen molar-refractivity contribution in [2.45, 2.75) is 77.5 Å². The number of hydrogen-bond acceptors (Lipinski definition) is 11. The predicted molar refractivity (Wildman–Crippen MR) is 150 cm³/mol. The minimum absolute atomic E-state index is 0.0204. The summed E-state index contributed by atoms with van der Waals surface area (Å²) in [6, 6.07) is 0. The zero-order chi connectivity index (χ0) is 31.9. The molecule has 234 valence electrons. The Labute approximate surface area is 245 Å². The zero-order valence-corrected chi connectivity index (χ0v) is 25.0. The van der Waals surface area contributed by atoms with Crippen molar-refractivity contribution < 1.29 is 53.4 Å². The van der Waals surface area contributed by atoms with E-state index in [0.29, 0.717) is 5.57 Å². The molecule has 0 radical (unpaired) electrons. The lowest BCUT2D eigenvalue weighted by atomic mass is 9.85. The van der Waals surface area contributed by atoms with Gasteiger partial charge in [0.1, 0.15) is 17.6 Å². The first-order valence-electron chi connectivity index (χ1n) is 13.5. The minimum Gasteiger partial charge on any atom is -0.505 e. The van der Waals surface area contributed by atoms with E-state index >= 15 is 0 Å². The van der Waals surface area contributed by atoms with Crippen molar-refractivity contribution >= 4 is 23.6 Å². The van der Waals surface area contributed by atoms with Crippen LogP contribution in [0.15, 0.2) is 46.1 Å². The Balaban J connectivity index is 2.67. The largest absolute Gasteiger partial charge is 0.505 e. The van der Waals surface area contributed by atoms with Gasteiger partial charge in [0, 0.05) is 37.7 Å². The molecule has 1 heterocycles. The van der Waals surface area contributed by atoms with Gasteiger partial charge in [0.05, 0.1) is 25.4 Å². The van der Waals surface area contributed by atoms with Crippen molar-refractivity contribution in [3.8, 4) is 0 Å². The zero-order valence-electron chi connectivity index (χ0n) is 25.0. The second-order valence-corrected chi connectivity index (χ2v) is 10.7. The van der Waals surface area contributed by atoms with Crippen molar-refractivity contribution in [3.63, 3.8) is 0 Å². The molecule has 0 aromatic rings. The standard InChI is InChI=1S/C29H42N2O11/c1-13-8-18-23(34)21(24(35)25(36)27(18)41-7)31-28(37)16(4)11-17(32)12-20(40-6)26(42-29(30)38)15(3)10-14(2)22(33)19(9-13)39-5/h10-11,13-14,17,19-20,22,26,32-34H,8-9,12H2,1-7H3,(H2,30,38)(H,31,37)/t13-,14+,17+,19+,20+,22-,26+/m1/s1. The van der Waals surface area contributed by atoms with Gasteiger partial charge in [-0.05, 0) is 44.3 Å². The smallest absolute Gasteiger partial charge is 0.405 e. The average Bonchev–Trinajstić information content (AvgIpc) is 2.93. The van der Waals surface area contributed by atoms with Gasteiger partial charge in [0.15, 0.2) is 11.9 Å². The molecule has 0 saturated carbocycles. The average molecular weight is 595 g/mol. The van der Waals surface area contributed by atoms with Crippen LogP contribution in [0.3, 0.4) is 0 Å². The van der Waals surface area contributed by atoms with E-state index in [9.17, 15) is 34.5 Å². The van der Waals surface area contributed by atoms with E-state index < -0.39 is 71.5 Å². The molecule has 1 aliphatic heterocycles. The number of ketones is 2.